The van der Waals surface area contributed by atoms with E-state index >= 15 is 0 Å². The van der Waals surface area contributed by atoms with E-state index in [1.165, 1.54) is 5.57 Å². The molecule has 0 fully saturated rings. The van der Waals surface area contributed by atoms with E-state index in [-0.39, 0.29) is 10.8 Å². The van der Waals surface area contributed by atoms with Crippen molar-refractivity contribution in [3.63, 3.8) is 0 Å². The lowest BCUT2D eigenvalue weighted by molar-refractivity contribution is -0.687. The predicted octanol–water partition coefficient (Wildman–Crippen LogP) is 2.84. The first-order chi connectivity index (χ1) is 8.47. The third-order valence-electron chi connectivity index (χ3n) is 4.34. The first-order valence-corrected chi connectivity index (χ1v) is 6.97. The molecule has 1 N–H and O–H groups in total. The fraction of sp³-hybridized carbons (Fsp3) is 0.688. The van der Waals surface area contributed by atoms with E-state index in [1.54, 1.807) is 0 Å². The highest BCUT2D eigenvalue weighted by molar-refractivity contribution is 5.41. The fourth-order valence-electron chi connectivity index (χ4n) is 2.73. The summed E-state index contributed by atoms with van der Waals surface area (Å²) in [6.07, 6.45) is 6.90. The molecule has 2 heterocycles. The molecule has 1 unspecified atom stereocenters. The van der Waals surface area contributed by atoms with Crippen molar-refractivity contribution in [2.45, 2.75) is 53.6 Å². The lowest BCUT2D eigenvalue weighted by atomic mass is 9.68. The Kier molecular flexibility index (Phi) is 2.98. The van der Waals surface area contributed by atoms with Crippen molar-refractivity contribution < 1.29 is 9.67 Å². The molecule has 0 saturated heterocycles. The van der Waals surface area contributed by atoms with Gasteiger partial charge in [0.1, 0.15) is 12.4 Å². The molecule has 3 nitrogen and oxygen atoms in total. The SMILES string of the molecule is C[n+]1ccn2c1C(O)(C(C)(C)C)CC(C(C)(C)C)=C2. The predicted molar refractivity (Wildman–Crippen MR) is 77.3 cm³/mol. The number of hydrogen-bond acceptors (Lipinski definition) is 1. The minimum Gasteiger partial charge on any atom is -0.377 e. The minimum atomic E-state index is -0.845. The van der Waals surface area contributed by atoms with Crippen molar-refractivity contribution in [1.82, 2.24) is 4.57 Å². The Balaban J connectivity index is 2.67. The quantitative estimate of drug-likeness (QED) is 0.717. The molecule has 1 aliphatic rings. The van der Waals surface area contributed by atoms with Crippen molar-refractivity contribution in [3.05, 3.63) is 23.8 Å². The number of imidazole rings is 1. The number of hydrogen-bond donors (Lipinski definition) is 1. The molecular formula is C16H27N2O+. The Morgan fingerprint density at radius 3 is 2.26 bits per heavy atom. The van der Waals surface area contributed by atoms with E-state index in [0.717, 1.165) is 5.82 Å². The maximum atomic E-state index is 11.4. The highest BCUT2D eigenvalue weighted by atomic mass is 16.3. The Bertz CT molecular complexity index is 526. The van der Waals surface area contributed by atoms with E-state index in [1.807, 2.05) is 24.0 Å². The van der Waals surface area contributed by atoms with Crippen LogP contribution in [0, 0.1) is 10.8 Å². The normalized spacial score (nSPS) is 24.1. The Labute approximate surface area is 116 Å². The average Bonchev–Trinajstić information content (AvgIpc) is 2.58. The summed E-state index contributed by atoms with van der Waals surface area (Å²) in [5.41, 5.74) is 0.294. The molecular weight excluding hydrogens is 236 g/mol. The van der Waals surface area contributed by atoms with Crippen molar-refractivity contribution >= 4 is 6.20 Å². The van der Waals surface area contributed by atoms with Crippen LogP contribution in [0.15, 0.2) is 18.0 Å². The van der Waals surface area contributed by atoms with Gasteiger partial charge in [-0.2, -0.15) is 0 Å². The van der Waals surface area contributed by atoms with Gasteiger partial charge in [-0.25, -0.2) is 9.13 Å². The molecule has 1 aliphatic heterocycles. The van der Waals surface area contributed by atoms with Crippen molar-refractivity contribution in [1.29, 1.82) is 0 Å². The largest absolute Gasteiger partial charge is 0.377 e. The summed E-state index contributed by atoms with van der Waals surface area (Å²) in [4.78, 5) is 0. The summed E-state index contributed by atoms with van der Waals surface area (Å²) >= 11 is 0. The minimum absolute atomic E-state index is 0.0692. The van der Waals surface area contributed by atoms with Gasteiger partial charge in [0.15, 0.2) is 5.60 Å². The van der Waals surface area contributed by atoms with Crippen LogP contribution in [0.5, 0.6) is 0 Å². The summed E-state index contributed by atoms with van der Waals surface area (Å²) < 4.78 is 4.11. The molecule has 0 aromatic carbocycles. The molecule has 1 aromatic heterocycles. The number of aryl methyl sites for hydroxylation is 1. The van der Waals surface area contributed by atoms with Crippen LogP contribution >= 0.6 is 0 Å². The second-order valence-corrected chi connectivity index (χ2v) is 7.83. The van der Waals surface area contributed by atoms with Gasteiger partial charge in [0.2, 0.25) is 0 Å². The smallest absolute Gasteiger partial charge is 0.294 e. The molecule has 0 radical (unpaired) electrons. The van der Waals surface area contributed by atoms with Crippen LogP contribution in [0.25, 0.3) is 6.20 Å². The van der Waals surface area contributed by atoms with Gasteiger partial charge in [0.25, 0.3) is 5.82 Å². The summed E-state index contributed by atoms with van der Waals surface area (Å²) in [6.45, 7) is 12.9. The zero-order valence-corrected chi connectivity index (χ0v) is 13.3. The van der Waals surface area contributed by atoms with Crippen LogP contribution in [0.4, 0.5) is 0 Å². The van der Waals surface area contributed by atoms with E-state index in [0.29, 0.717) is 6.42 Å². The van der Waals surface area contributed by atoms with E-state index in [9.17, 15) is 5.11 Å². The lowest BCUT2D eigenvalue weighted by Gasteiger charge is -2.41. The molecule has 1 aromatic rings. The van der Waals surface area contributed by atoms with Gasteiger partial charge in [-0.15, -0.1) is 0 Å². The van der Waals surface area contributed by atoms with Crippen molar-refractivity contribution in [3.8, 4) is 0 Å². The van der Waals surface area contributed by atoms with Gasteiger partial charge < -0.3 is 5.11 Å². The molecule has 0 saturated carbocycles. The van der Waals surface area contributed by atoms with Gasteiger partial charge in [-0.1, -0.05) is 41.5 Å². The molecule has 3 heteroatoms. The number of aliphatic hydroxyl groups is 1. The van der Waals surface area contributed by atoms with Crippen LogP contribution in [-0.2, 0) is 12.6 Å². The molecule has 0 bridgehead atoms. The van der Waals surface area contributed by atoms with Crippen LogP contribution in [0.2, 0.25) is 0 Å². The molecule has 0 aliphatic carbocycles. The number of fused-ring (bicyclic) bond motifs is 1. The van der Waals surface area contributed by atoms with Crippen LogP contribution in [-0.4, -0.2) is 9.67 Å². The topological polar surface area (TPSA) is 29.0 Å². The Morgan fingerprint density at radius 1 is 1.21 bits per heavy atom. The van der Waals surface area contributed by atoms with E-state index in [4.69, 9.17) is 0 Å². The Morgan fingerprint density at radius 2 is 1.79 bits per heavy atom. The molecule has 19 heavy (non-hydrogen) atoms. The molecule has 0 spiro atoms. The van der Waals surface area contributed by atoms with Crippen LogP contribution in [0.3, 0.4) is 0 Å². The zero-order chi connectivity index (χ0) is 14.6. The van der Waals surface area contributed by atoms with Crippen LogP contribution in [0.1, 0.15) is 53.8 Å². The molecule has 0 amide bonds. The van der Waals surface area contributed by atoms with Gasteiger partial charge in [0.05, 0.1) is 13.2 Å². The van der Waals surface area contributed by atoms with Gasteiger partial charge in [-0.05, 0) is 11.0 Å². The number of nitrogens with zero attached hydrogens (tertiary/aromatic N) is 2. The van der Waals surface area contributed by atoms with E-state index < -0.39 is 5.60 Å². The van der Waals surface area contributed by atoms with Crippen LogP contribution < -0.4 is 4.57 Å². The maximum Gasteiger partial charge on any atom is 0.294 e. The molecule has 106 valence electrons. The Hall–Kier alpha value is -1.09. The average molecular weight is 263 g/mol. The summed E-state index contributed by atoms with van der Waals surface area (Å²) in [5, 5.41) is 11.4. The summed E-state index contributed by atoms with van der Waals surface area (Å²) in [7, 11) is 2.00. The maximum absolute atomic E-state index is 11.4. The molecule has 1 atom stereocenters. The highest BCUT2D eigenvalue weighted by Crippen LogP contribution is 2.48. The zero-order valence-electron chi connectivity index (χ0n) is 13.3. The monoisotopic (exact) mass is 263 g/mol. The van der Waals surface area contributed by atoms with Crippen molar-refractivity contribution in [2.24, 2.45) is 17.9 Å². The number of aromatic nitrogens is 2. The fourth-order valence-corrected chi connectivity index (χ4v) is 2.73. The third kappa shape index (κ3) is 2.14. The second kappa shape index (κ2) is 3.95. The first kappa shape index (κ1) is 14.3. The molecule has 2 rings (SSSR count). The van der Waals surface area contributed by atoms with Gasteiger partial charge in [0, 0.05) is 11.8 Å². The first-order valence-electron chi connectivity index (χ1n) is 6.97. The third-order valence-corrected chi connectivity index (χ3v) is 4.34. The van der Waals surface area contributed by atoms with Gasteiger partial charge in [-0.3, -0.25) is 0 Å². The lowest BCUT2D eigenvalue weighted by Crippen LogP contribution is -2.52. The summed E-state index contributed by atoms with van der Waals surface area (Å²) in [5.74, 6) is 0.966. The summed E-state index contributed by atoms with van der Waals surface area (Å²) in [6, 6.07) is 0. The van der Waals surface area contributed by atoms with E-state index in [2.05, 4.69) is 52.3 Å². The highest BCUT2D eigenvalue weighted by Gasteiger charge is 2.53. The standard InChI is InChI=1S/C16H27N2O/c1-14(2,3)12-10-16(19,15(4,5)6)13-17(7)8-9-18(13)11-12/h8-9,11,19H,10H2,1-7H3/q+1. The second-order valence-electron chi connectivity index (χ2n) is 7.83. The van der Waals surface area contributed by atoms with Crippen molar-refractivity contribution in [2.75, 3.05) is 0 Å². The number of rotatable bonds is 0. The van der Waals surface area contributed by atoms with Gasteiger partial charge >= 0.3 is 0 Å².